The maximum absolute atomic E-state index is 13.3. The van der Waals surface area contributed by atoms with Gasteiger partial charge in [-0.2, -0.15) is 0 Å². The van der Waals surface area contributed by atoms with Crippen LogP contribution in [0.5, 0.6) is 5.75 Å². The molecule has 172 valence electrons. The number of anilines is 1. The van der Waals surface area contributed by atoms with Gasteiger partial charge in [-0.1, -0.05) is 19.3 Å². The molecule has 0 radical (unpaired) electrons. The first-order valence-corrected chi connectivity index (χ1v) is 11.0. The summed E-state index contributed by atoms with van der Waals surface area (Å²) in [4.78, 5) is 28.8. The summed E-state index contributed by atoms with van der Waals surface area (Å²) in [5, 5.41) is 6.52. The van der Waals surface area contributed by atoms with E-state index in [2.05, 4.69) is 20.4 Å². The molecule has 1 aromatic heterocycles. The Bertz CT molecular complexity index is 1140. The highest BCUT2D eigenvalue weighted by molar-refractivity contribution is 5.95. The van der Waals surface area contributed by atoms with E-state index in [1.165, 1.54) is 25.7 Å². The van der Waals surface area contributed by atoms with E-state index in [0.29, 0.717) is 33.6 Å². The molecule has 4 rings (SSSR count). The molecule has 0 unspecified atom stereocenters. The summed E-state index contributed by atoms with van der Waals surface area (Å²) in [6, 6.07) is 12.9. The summed E-state index contributed by atoms with van der Waals surface area (Å²) in [5.74, 6) is -0.463. The monoisotopic (exact) mass is 451 g/mol. The lowest BCUT2D eigenvalue weighted by molar-refractivity contribution is -0.142. The van der Waals surface area contributed by atoms with E-state index >= 15 is 0 Å². The lowest BCUT2D eigenvalue weighted by atomic mass is 9.96. The molecule has 7 nitrogen and oxygen atoms in total. The van der Waals surface area contributed by atoms with Crippen molar-refractivity contribution in [3.05, 3.63) is 54.3 Å². The number of carbonyl (C=O) groups excluding carboxylic acids is 2. The Morgan fingerprint density at radius 2 is 1.82 bits per heavy atom. The summed E-state index contributed by atoms with van der Waals surface area (Å²) in [7, 11) is 1.28. The van der Waals surface area contributed by atoms with Gasteiger partial charge < -0.3 is 20.1 Å². The van der Waals surface area contributed by atoms with Gasteiger partial charge in [0.2, 0.25) is 0 Å². The van der Waals surface area contributed by atoms with E-state index in [4.69, 9.17) is 4.74 Å². The van der Waals surface area contributed by atoms with Crippen molar-refractivity contribution in [2.24, 2.45) is 0 Å². The number of hydrogen-bond donors (Lipinski definition) is 2. The fraction of sp³-hybridized carbons (Fsp3) is 0.320. The molecule has 8 heteroatoms. The number of nitrogens with zero attached hydrogens (tertiary/aromatic N) is 1. The van der Waals surface area contributed by atoms with E-state index in [1.807, 2.05) is 0 Å². The molecule has 3 aromatic rings. The summed E-state index contributed by atoms with van der Waals surface area (Å²) < 4.78 is 23.7. The molecule has 0 bridgehead atoms. The summed E-state index contributed by atoms with van der Waals surface area (Å²) >= 11 is 0. The van der Waals surface area contributed by atoms with Crippen molar-refractivity contribution in [2.45, 2.75) is 38.1 Å². The number of esters is 1. The Hall–Kier alpha value is -3.68. The van der Waals surface area contributed by atoms with E-state index in [-0.39, 0.29) is 24.5 Å². The van der Waals surface area contributed by atoms with Gasteiger partial charge in [-0.15, -0.1) is 0 Å². The maximum Gasteiger partial charge on any atom is 0.343 e. The van der Waals surface area contributed by atoms with E-state index < -0.39 is 5.97 Å². The molecule has 33 heavy (non-hydrogen) atoms. The highest BCUT2D eigenvalue weighted by Gasteiger charge is 2.16. The first-order valence-electron chi connectivity index (χ1n) is 11.0. The molecule has 1 heterocycles. The number of amides is 2. The summed E-state index contributed by atoms with van der Waals surface area (Å²) in [6.07, 6.45) is 5.46. The minimum atomic E-state index is -0.524. The second kappa shape index (κ2) is 10.3. The third-order valence-corrected chi connectivity index (χ3v) is 5.68. The number of fused-ring (bicyclic) bond motifs is 1. The fourth-order valence-corrected chi connectivity index (χ4v) is 3.96. The fourth-order valence-electron chi connectivity index (χ4n) is 3.96. The number of halogens is 1. The Balaban J connectivity index is 1.61. The van der Waals surface area contributed by atoms with Gasteiger partial charge in [-0.25, -0.2) is 19.0 Å². The Kier molecular flexibility index (Phi) is 7.02. The molecule has 0 saturated heterocycles. The van der Waals surface area contributed by atoms with Crippen LogP contribution >= 0.6 is 0 Å². The van der Waals surface area contributed by atoms with Crippen molar-refractivity contribution in [1.82, 2.24) is 10.3 Å². The Morgan fingerprint density at radius 1 is 1.06 bits per heavy atom. The number of rotatable bonds is 6. The standard InChI is InChI=1S/C25H26FN3O4/c1-32-24(30)15-33-23-14-22(16-7-9-17(26)10-8-16)29-21-12-11-19(13-20(21)23)28-25(31)27-18-5-3-2-4-6-18/h7-14,18H,2-6,15H2,1H3,(H2,27,28,31). The molecule has 1 aliphatic rings. The lowest BCUT2D eigenvalue weighted by Gasteiger charge is -2.23. The second-order valence-electron chi connectivity index (χ2n) is 8.04. The maximum atomic E-state index is 13.3. The van der Waals surface area contributed by atoms with Crippen LogP contribution < -0.4 is 15.4 Å². The molecular formula is C25H26FN3O4. The van der Waals surface area contributed by atoms with Gasteiger partial charge in [0.15, 0.2) is 6.61 Å². The van der Waals surface area contributed by atoms with Crippen molar-refractivity contribution in [1.29, 1.82) is 0 Å². The van der Waals surface area contributed by atoms with E-state index in [9.17, 15) is 14.0 Å². The zero-order valence-electron chi connectivity index (χ0n) is 18.4. The smallest absolute Gasteiger partial charge is 0.343 e. The normalized spacial score (nSPS) is 14.0. The largest absolute Gasteiger partial charge is 0.481 e. The Labute approximate surface area is 191 Å². The first kappa shape index (κ1) is 22.5. The van der Waals surface area contributed by atoms with Crippen LogP contribution in [-0.2, 0) is 9.53 Å². The van der Waals surface area contributed by atoms with E-state index in [1.54, 1.807) is 36.4 Å². The molecule has 2 amide bonds. The van der Waals surface area contributed by atoms with Gasteiger partial charge in [0.05, 0.1) is 18.3 Å². The first-order chi connectivity index (χ1) is 16.0. The third kappa shape index (κ3) is 5.77. The quantitative estimate of drug-likeness (QED) is 0.512. The van der Waals surface area contributed by atoms with Crippen molar-refractivity contribution in [3.63, 3.8) is 0 Å². The number of methoxy groups -OCH3 is 1. The molecule has 2 aromatic carbocycles. The van der Waals surface area contributed by atoms with Crippen LogP contribution in [0.3, 0.4) is 0 Å². The summed E-state index contributed by atoms with van der Waals surface area (Å²) in [5.41, 5.74) is 2.46. The minimum absolute atomic E-state index is 0.193. The van der Waals surface area contributed by atoms with Crippen LogP contribution in [0, 0.1) is 5.82 Å². The van der Waals surface area contributed by atoms with Crippen LogP contribution in [0.25, 0.3) is 22.2 Å². The molecule has 1 fully saturated rings. The number of urea groups is 1. The predicted molar refractivity (Wildman–Crippen MR) is 124 cm³/mol. The topological polar surface area (TPSA) is 89.6 Å². The van der Waals surface area contributed by atoms with Crippen LogP contribution in [0.2, 0.25) is 0 Å². The van der Waals surface area contributed by atoms with Gasteiger partial charge >= 0.3 is 12.0 Å². The zero-order chi connectivity index (χ0) is 23.2. The van der Waals surface area contributed by atoms with Crippen LogP contribution in [0.15, 0.2) is 48.5 Å². The summed E-state index contributed by atoms with van der Waals surface area (Å²) in [6.45, 7) is -0.279. The number of benzene rings is 2. The zero-order valence-corrected chi connectivity index (χ0v) is 18.4. The van der Waals surface area contributed by atoms with Crippen LogP contribution in [0.1, 0.15) is 32.1 Å². The van der Waals surface area contributed by atoms with Crippen molar-refractivity contribution >= 4 is 28.6 Å². The van der Waals surface area contributed by atoms with Crippen LogP contribution in [-0.4, -0.2) is 36.7 Å². The molecule has 0 spiro atoms. The van der Waals surface area contributed by atoms with E-state index in [0.717, 1.165) is 25.7 Å². The number of hydrogen-bond acceptors (Lipinski definition) is 5. The number of ether oxygens (including phenoxy) is 2. The number of carbonyl (C=O) groups is 2. The third-order valence-electron chi connectivity index (χ3n) is 5.68. The van der Waals surface area contributed by atoms with Crippen molar-refractivity contribution in [2.75, 3.05) is 19.0 Å². The van der Waals surface area contributed by atoms with Crippen LogP contribution in [0.4, 0.5) is 14.9 Å². The van der Waals surface area contributed by atoms with Gasteiger partial charge in [0.1, 0.15) is 11.6 Å². The highest BCUT2D eigenvalue weighted by atomic mass is 19.1. The van der Waals surface area contributed by atoms with Gasteiger partial charge in [-0.05, 0) is 55.3 Å². The molecule has 0 atom stereocenters. The molecule has 1 aliphatic carbocycles. The van der Waals surface area contributed by atoms with Crippen molar-refractivity contribution < 1.29 is 23.5 Å². The molecular weight excluding hydrogens is 425 g/mol. The Morgan fingerprint density at radius 3 is 2.55 bits per heavy atom. The molecule has 2 N–H and O–H groups in total. The molecule has 0 aliphatic heterocycles. The average molecular weight is 451 g/mol. The average Bonchev–Trinajstić information content (AvgIpc) is 2.83. The van der Waals surface area contributed by atoms with Gasteiger partial charge in [-0.3, -0.25) is 0 Å². The number of nitrogens with one attached hydrogen (secondary N) is 2. The number of pyridine rings is 1. The second-order valence-corrected chi connectivity index (χ2v) is 8.04. The minimum Gasteiger partial charge on any atom is -0.481 e. The SMILES string of the molecule is COC(=O)COc1cc(-c2ccc(F)cc2)nc2ccc(NC(=O)NC3CCCCC3)cc12. The number of aromatic nitrogens is 1. The predicted octanol–water partition coefficient (Wildman–Crippen LogP) is 5.05. The van der Waals surface area contributed by atoms with Crippen molar-refractivity contribution in [3.8, 4) is 17.0 Å². The molecule has 1 saturated carbocycles. The van der Waals surface area contributed by atoms with Gasteiger partial charge in [0, 0.05) is 28.7 Å². The van der Waals surface area contributed by atoms with Gasteiger partial charge in [0.25, 0.3) is 0 Å². The lowest BCUT2D eigenvalue weighted by Crippen LogP contribution is -2.39. The highest BCUT2D eigenvalue weighted by Crippen LogP contribution is 2.32.